The predicted molar refractivity (Wildman–Crippen MR) is 73.1 cm³/mol. The largest absolute Gasteiger partial charge is 0.349 e. The van der Waals surface area contributed by atoms with E-state index >= 15 is 0 Å². The van der Waals surface area contributed by atoms with Gasteiger partial charge in [-0.1, -0.05) is 32.8 Å². The van der Waals surface area contributed by atoms with E-state index < -0.39 is 0 Å². The molecule has 1 aromatic heterocycles. The van der Waals surface area contributed by atoms with Gasteiger partial charge in [0.15, 0.2) is 0 Å². The van der Waals surface area contributed by atoms with Crippen LogP contribution < -0.4 is 10.9 Å². The molecule has 0 spiro atoms. The SMILES string of the molecule is CCC(CC)C(Cl)CNC(=O)c1cccc(=O)[nH]1. The molecule has 0 saturated heterocycles. The Balaban J connectivity index is 2.53. The number of carbonyl (C=O) groups is 1. The van der Waals surface area contributed by atoms with Crippen LogP contribution in [0, 0.1) is 5.92 Å². The average Bonchev–Trinajstić information content (AvgIpc) is 2.37. The highest BCUT2D eigenvalue weighted by molar-refractivity contribution is 6.21. The van der Waals surface area contributed by atoms with E-state index in [-0.39, 0.29) is 22.5 Å². The summed E-state index contributed by atoms with van der Waals surface area (Å²) in [6.07, 6.45) is 1.98. The Kier molecular flexibility index (Phi) is 5.92. The van der Waals surface area contributed by atoms with Crippen LogP contribution >= 0.6 is 11.6 Å². The molecular weight excluding hydrogens is 252 g/mol. The number of pyridine rings is 1. The number of H-pyrrole nitrogens is 1. The van der Waals surface area contributed by atoms with Crippen molar-refractivity contribution in [3.05, 3.63) is 34.2 Å². The van der Waals surface area contributed by atoms with E-state index in [1.54, 1.807) is 12.1 Å². The van der Waals surface area contributed by atoms with Crippen molar-refractivity contribution in [2.75, 3.05) is 6.54 Å². The first kappa shape index (κ1) is 14.8. The van der Waals surface area contributed by atoms with Crippen LogP contribution in [0.15, 0.2) is 23.0 Å². The third-order valence-corrected chi connectivity index (χ3v) is 3.54. The van der Waals surface area contributed by atoms with Gasteiger partial charge in [0, 0.05) is 12.6 Å². The van der Waals surface area contributed by atoms with Gasteiger partial charge >= 0.3 is 0 Å². The second-order valence-electron chi connectivity index (χ2n) is 4.23. The lowest BCUT2D eigenvalue weighted by Crippen LogP contribution is -2.34. The molecule has 1 amide bonds. The van der Waals surface area contributed by atoms with Gasteiger partial charge in [-0.15, -0.1) is 11.6 Å². The van der Waals surface area contributed by atoms with E-state index in [1.807, 2.05) is 0 Å². The Bertz CT molecular complexity index is 441. The number of carbonyl (C=O) groups excluding carboxylic acids is 1. The third kappa shape index (κ3) is 4.18. The molecule has 2 N–H and O–H groups in total. The summed E-state index contributed by atoms with van der Waals surface area (Å²) in [6.45, 7) is 4.57. The Morgan fingerprint density at radius 1 is 1.39 bits per heavy atom. The average molecular weight is 271 g/mol. The number of aromatic nitrogens is 1. The number of halogens is 1. The standard InChI is InChI=1S/C13H19ClN2O2/c1-3-9(4-2)10(14)8-15-13(18)11-6-5-7-12(17)16-11/h5-7,9-10H,3-4,8H2,1-2H3,(H,15,18)(H,16,17). The zero-order chi connectivity index (χ0) is 13.5. The summed E-state index contributed by atoms with van der Waals surface area (Å²) < 4.78 is 0. The normalized spacial score (nSPS) is 12.4. The van der Waals surface area contributed by atoms with Crippen molar-refractivity contribution < 1.29 is 4.79 Å². The molecule has 1 heterocycles. The Hall–Kier alpha value is -1.29. The van der Waals surface area contributed by atoms with Crippen molar-refractivity contribution in [3.8, 4) is 0 Å². The van der Waals surface area contributed by atoms with Crippen LogP contribution in [-0.4, -0.2) is 22.8 Å². The summed E-state index contributed by atoms with van der Waals surface area (Å²) >= 11 is 6.22. The van der Waals surface area contributed by atoms with Gasteiger partial charge in [-0.05, 0) is 12.0 Å². The Morgan fingerprint density at radius 3 is 2.61 bits per heavy atom. The molecule has 4 nitrogen and oxygen atoms in total. The summed E-state index contributed by atoms with van der Waals surface area (Å²) in [5.74, 6) is 0.0890. The number of hydrogen-bond acceptors (Lipinski definition) is 2. The highest BCUT2D eigenvalue weighted by Crippen LogP contribution is 2.17. The van der Waals surface area contributed by atoms with Crippen molar-refractivity contribution in [1.29, 1.82) is 0 Å². The molecule has 100 valence electrons. The summed E-state index contributed by atoms with van der Waals surface area (Å²) in [5, 5.41) is 2.65. The van der Waals surface area contributed by atoms with Gasteiger partial charge in [-0.3, -0.25) is 9.59 Å². The summed E-state index contributed by atoms with van der Waals surface area (Å²) in [6, 6.07) is 4.48. The smallest absolute Gasteiger partial charge is 0.267 e. The van der Waals surface area contributed by atoms with Gasteiger partial charge in [-0.25, -0.2) is 0 Å². The van der Waals surface area contributed by atoms with Gasteiger partial charge in [-0.2, -0.15) is 0 Å². The number of alkyl halides is 1. The Morgan fingerprint density at radius 2 is 2.06 bits per heavy atom. The molecule has 1 aromatic rings. The van der Waals surface area contributed by atoms with E-state index in [0.29, 0.717) is 12.5 Å². The molecule has 0 aromatic carbocycles. The molecule has 5 heteroatoms. The molecule has 0 radical (unpaired) electrons. The van der Waals surface area contributed by atoms with Gasteiger partial charge in [0.05, 0.1) is 5.38 Å². The van der Waals surface area contributed by atoms with Crippen molar-refractivity contribution in [2.45, 2.75) is 32.1 Å². The zero-order valence-electron chi connectivity index (χ0n) is 10.7. The molecule has 0 saturated carbocycles. The van der Waals surface area contributed by atoms with E-state index in [2.05, 4.69) is 24.1 Å². The number of aromatic amines is 1. The third-order valence-electron chi connectivity index (χ3n) is 3.03. The lowest BCUT2D eigenvalue weighted by atomic mass is 9.99. The maximum absolute atomic E-state index is 11.8. The van der Waals surface area contributed by atoms with Gasteiger partial charge < -0.3 is 10.3 Å². The molecule has 0 aliphatic heterocycles. The first-order chi connectivity index (χ1) is 8.58. The highest BCUT2D eigenvalue weighted by Gasteiger charge is 2.17. The lowest BCUT2D eigenvalue weighted by Gasteiger charge is -2.19. The van der Waals surface area contributed by atoms with Crippen LogP contribution in [-0.2, 0) is 0 Å². The quantitative estimate of drug-likeness (QED) is 0.778. The molecule has 1 unspecified atom stereocenters. The van der Waals surface area contributed by atoms with E-state index in [0.717, 1.165) is 12.8 Å². The number of amides is 1. The highest BCUT2D eigenvalue weighted by atomic mass is 35.5. The molecule has 0 bridgehead atoms. The van der Waals surface area contributed by atoms with Crippen molar-refractivity contribution in [2.24, 2.45) is 5.92 Å². The van der Waals surface area contributed by atoms with Crippen LogP contribution in [0.3, 0.4) is 0 Å². The van der Waals surface area contributed by atoms with Crippen LogP contribution in [0.25, 0.3) is 0 Å². The van der Waals surface area contributed by atoms with Crippen LogP contribution in [0.2, 0.25) is 0 Å². The molecule has 0 aliphatic carbocycles. The summed E-state index contributed by atoms with van der Waals surface area (Å²) in [7, 11) is 0. The number of rotatable bonds is 6. The van der Waals surface area contributed by atoms with Gasteiger partial charge in [0.2, 0.25) is 5.56 Å². The molecule has 0 fully saturated rings. The minimum atomic E-state index is -0.302. The van der Waals surface area contributed by atoms with Crippen molar-refractivity contribution >= 4 is 17.5 Å². The van der Waals surface area contributed by atoms with Crippen molar-refractivity contribution in [1.82, 2.24) is 10.3 Å². The maximum Gasteiger partial charge on any atom is 0.267 e. The summed E-state index contributed by atoms with van der Waals surface area (Å²) in [4.78, 5) is 25.3. The van der Waals surface area contributed by atoms with E-state index in [1.165, 1.54) is 6.07 Å². The molecule has 18 heavy (non-hydrogen) atoms. The van der Waals surface area contributed by atoms with Gasteiger partial charge in [0.1, 0.15) is 5.69 Å². The number of nitrogens with one attached hydrogen (secondary N) is 2. The first-order valence-electron chi connectivity index (χ1n) is 6.20. The minimum Gasteiger partial charge on any atom is -0.349 e. The van der Waals surface area contributed by atoms with Gasteiger partial charge in [0.25, 0.3) is 5.91 Å². The topological polar surface area (TPSA) is 62.0 Å². The molecule has 1 atom stereocenters. The van der Waals surface area contributed by atoms with Crippen molar-refractivity contribution in [3.63, 3.8) is 0 Å². The maximum atomic E-state index is 11.8. The fraction of sp³-hybridized carbons (Fsp3) is 0.538. The van der Waals surface area contributed by atoms with Crippen LogP contribution in [0.5, 0.6) is 0 Å². The fourth-order valence-electron chi connectivity index (χ4n) is 1.83. The molecule has 1 rings (SSSR count). The number of hydrogen-bond donors (Lipinski definition) is 2. The van der Waals surface area contributed by atoms with Crippen LogP contribution in [0.4, 0.5) is 0 Å². The molecule has 0 aliphatic rings. The lowest BCUT2D eigenvalue weighted by molar-refractivity contribution is 0.0946. The summed E-state index contributed by atoms with van der Waals surface area (Å²) in [5.41, 5.74) is -0.0269. The fourth-order valence-corrected chi connectivity index (χ4v) is 2.27. The minimum absolute atomic E-state index is 0.0839. The first-order valence-corrected chi connectivity index (χ1v) is 6.63. The van der Waals surface area contributed by atoms with E-state index in [9.17, 15) is 9.59 Å². The second-order valence-corrected chi connectivity index (χ2v) is 4.79. The molecular formula is C13H19ClN2O2. The zero-order valence-corrected chi connectivity index (χ0v) is 11.5. The Labute approximate surface area is 112 Å². The van der Waals surface area contributed by atoms with Crippen LogP contribution in [0.1, 0.15) is 37.2 Å². The predicted octanol–water partition coefficient (Wildman–Crippen LogP) is 2.15. The van der Waals surface area contributed by atoms with E-state index in [4.69, 9.17) is 11.6 Å². The monoisotopic (exact) mass is 270 g/mol. The second kappa shape index (κ2) is 7.21.